The summed E-state index contributed by atoms with van der Waals surface area (Å²) in [6.07, 6.45) is 0. The van der Waals surface area contributed by atoms with E-state index in [1.165, 1.54) is 0 Å². The first-order valence-corrected chi connectivity index (χ1v) is 5.88. The first kappa shape index (κ1) is 12.3. The third-order valence-electron chi connectivity index (χ3n) is 2.67. The lowest BCUT2D eigenvalue weighted by Gasteiger charge is -2.19. The van der Waals surface area contributed by atoms with Gasteiger partial charge in [-0.3, -0.25) is 0 Å². The van der Waals surface area contributed by atoms with Crippen LogP contribution in [0.1, 0.15) is 32.0 Å². The fraction of sp³-hybridized carbons (Fsp3) is 0.500. The van der Waals surface area contributed by atoms with Gasteiger partial charge in [0, 0.05) is 10.9 Å². The number of aromatic nitrogens is 3. The molecule has 17 heavy (non-hydrogen) atoms. The first-order chi connectivity index (χ1) is 7.84. The molecule has 2 aromatic heterocycles. The van der Waals surface area contributed by atoms with Crippen LogP contribution in [0.4, 0.5) is 0 Å². The number of aliphatic hydroxyl groups is 1. The van der Waals surface area contributed by atoms with E-state index in [4.69, 9.17) is 11.6 Å². The smallest absolute Gasteiger partial charge is 0.160 e. The highest BCUT2D eigenvalue weighted by Gasteiger charge is 2.21. The van der Waals surface area contributed by atoms with Gasteiger partial charge in [-0.2, -0.15) is 5.10 Å². The number of halogens is 1. The van der Waals surface area contributed by atoms with Crippen molar-refractivity contribution in [3.63, 3.8) is 0 Å². The second kappa shape index (κ2) is 3.96. The lowest BCUT2D eigenvalue weighted by Crippen LogP contribution is -2.23. The third kappa shape index (κ3) is 2.03. The molecule has 0 spiro atoms. The van der Waals surface area contributed by atoms with Gasteiger partial charge in [0.1, 0.15) is 5.15 Å². The van der Waals surface area contributed by atoms with Crippen molar-refractivity contribution in [2.75, 3.05) is 0 Å². The highest BCUT2D eigenvalue weighted by Crippen LogP contribution is 2.26. The number of aryl methyl sites for hydroxylation is 1. The number of nitrogens with zero attached hydrogens (tertiary/aromatic N) is 3. The van der Waals surface area contributed by atoms with Crippen LogP contribution in [-0.2, 0) is 12.1 Å². The van der Waals surface area contributed by atoms with Gasteiger partial charge in [-0.25, -0.2) is 9.67 Å². The molecular formula is C12H16ClN3O. The SMILES string of the molecule is Cc1nn(C(C)(C)C)c2nc(Cl)c(CO)cc12. The zero-order valence-corrected chi connectivity index (χ0v) is 11.2. The number of hydrogen-bond donors (Lipinski definition) is 1. The van der Waals surface area contributed by atoms with Crippen molar-refractivity contribution in [3.05, 3.63) is 22.5 Å². The molecule has 5 heteroatoms. The molecule has 2 heterocycles. The summed E-state index contributed by atoms with van der Waals surface area (Å²) in [4.78, 5) is 4.34. The summed E-state index contributed by atoms with van der Waals surface area (Å²) < 4.78 is 1.87. The van der Waals surface area contributed by atoms with Crippen molar-refractivity contribution in [3.8, 4) is 0 Å². The fourth-order valence-electron chi connectivity index (χ4n) is 1.78. The van der Waals surface area contributed by atoms with Crippen molar-refractivity contribution in [1.82, 2.24) is 14.8 Å². The first-order valence-electron chi connectivity index (χ1n) is 5.50. The summed E-state index contributed by atoms with van der Waals surface area (Å²) in [6.45, 7) is 8.01. The number of pyridine rings is 1. The van der Waals surface area contributed by atoms with Gasteiger partial charge in [0.05, 0.1) is 17.8 Å². The quantitative estimate of drug-likeness (QED) is 0.795. The molecule has 0 aromatic carbocycles. The molecule has 0 saturated carbocycles. The molecule has 0 fully saturated rings. The Hall–Kier alpha value is -1.13. The Kier molecular flexibility index (Phi) is 2.87. The highest BCUT2D eigenvalue weighted by molar-refractivity contribution is 6.30. The van der Waals surface area contributed by atoms with Crippen molar-refractivity contribution < 1.29 is 5.11 Å². The average molecular weight is 254 g/mol. The predicted octanol–water partition coefficient (Wildman–Crippen LogP) is 2.64. The monoisotopic (exact) mass is 253 g/mol. The average Bonchev–Trinajstić information content (AvgIpc) is 2.54. The minimum atomic E-state index is -0.149. The van der Waals surface area contributed by atoms with Crippen molar-refractivity contribution in [1.29, 1.82) is 0 Å². The van der Waals surface area contributed by atoms with Crippen LogP contribution in [-0.4, -0.2) is 19.9 Å². The molecule has 2 aromatic rings. The standard InChI is InChI=1S/C12H16ClN3O/c1-7-9-5-8(6-17)10(13)14-11(9)16(15-7)12(2,3)4/h5,17H,6H2,1-4H3. The lowest BCUT2D eigenvalue weighted by atomic mass is 10.1. The van der Waals surface area contributed by atoms with E-state index in [9.17, 15) is 5.11 Å². The van der Waals surface area contributed by atoms with Gasteiger partial charge in [0.25, 0.3) is 0 Å². The Morgan fingerprint density at radius 3 is 2.59 bits per heavy atom. The molecule has 0 aliphatic carbocycles. The van der Waals surface area contributed by atoms with Gasteiger partial charge in [-0.05, 0) is 33.8 Å². The summed E-state index contributed by atoms with van der Waals surface area (Å²) in [6, 6.07) is 1.86. The summed E-state index contributed by atoms with van der Waals surface area (Å²) in [7, 11) is 0. The molecule has 92 valence electrons. The van der Waals surface area contributed by atoms with Crippen LogP contribution in [0.3, 0.4) is 0 Å². The van der Waals surface area contributed by atoms with Gasteiger partial charge >= 0.3 is 0 Å². The molecule has 0 aliphatic rings. The topological polar surface area (TPSA) is 50.9 Å². The van der Waals surface area contributed by atoms with E-state index in [1.807, 2.05) is 17.7 Å². The van der Waals surface area contributed by atoms with E-state index in [0.717, 1.165) is 16.7 Å². The molecule has 0 bridgehead atoms. The van der Waals surface area contributed by atoms with Crippen LogP contribution in [0.15, 0.2) is 6.07 Å². The number of hydrogen-bond acceptors (Lipinski definition) is 3. The van der Waals surface area contributed by atoms with E-state index in [1.54, 1.807) is 0 Å². The second-order valence-corrected chi connectivity index (χ2v) is 5.49. The Morgan fingerprint density at radius 1 is 1.41 bits per heavy atom. The van der Waals surface area contributed by atoms with E-state index < -0.39 is 0 Å². The van der Waals surface area contributed by atoms with E-state index in [-0.39, 0.29) is 12.1 Å². The predicted molar refractivity (Wildman–Crippen MR) is 68.2 cm³/mol. The Bertz CT molecular complexity index is 569. The Labute approximate surface area is 105 Å². The minimum Gasteiger partial charge on any atom is -0.392 e. The van der Waals surface area contributed by atoms with Gasteiger partial charge in [-0.15, -0.1) is 0 Å². The van der Waals surface area contributed by atoms with Crippen LogP contribution >= 0.6 is 11.6 Å². The van der Waals surface area contributed by atoms with Crippen LogP contribution in [0.2, 0.25) is 5.15 Å². The third-order valence-corrected chi connectivity index (χ3v) is 3.00. The fourth-order valence-corrected chi connectivity index (χ4v) is 1.98. The van der Waals surface area contributed by atoms with Crippen LogP contribution < -0.4 is 0 Å². The highest BCUT2D eigenvalue weighted by atomic mass is 35.5. The van der Waals surface area contributed by atoms with E-state index in [0.29, 0.717) is 10.7 Å². The molecular weight excluding hydrogens is 238 g/mol. The maximum atomic E-state index is 9.18. The molecule has 0 radical (unpaired) electrons. The molecule has 0 amide bonds. The molecule has 0 atom stereocenters. The number of aliphatic hydroxyl groups excluding tert-OH is 1. The zero-order chi connectivity index (χ0) is 12.8. The van der Waals surface area contributed by atoms with Gasteiger partial charge in [0.2, 0.25) is 0 Å². The molecule has 1 N–H and O–H groups in total. The maximum Gasteiger partial charge on any atom is 0.160 e. The van der Waals surface area contributed by atoms with E-state index in [2.05, 4.69) is 30.9 Å². The zero-order valence-electron chi connectivity index (χ0n) is 10.5. The lowest BCUT2D eigenvalue weighted by molar-refractivity contribution is 0.281. The van der Waals surface area contributed by atoms with Gasteiger partial charge < -0.3 is 5.11 Å². The second-order valence-electron chi connectivity index (χ2n) is 5.14. The van der Waals surface area contributed by atoms with Crippen molar-refractivity contribution in [2.24, 2.45) is 0 Å². The van der Waals surface area contributed by atoms with Crippen LogP contribution in [0, 0.1) is 6.92 Å². The van der Waals surface area contributed by atoms with Gasteiger partial charge in [-0.1, -0.05) is 11.6 Å². The Balaban J connectivity index is 2.79. The van der Waals surface area contributed by atoms with Crippen molar-refractivity contribution in [2.45, 2.75) is 39.8 Å². The van der Waals surface area contributed by atoms with Gasteiger partial charge in [0.15, 0.2) is 5.65 Å². The molecule has 4 nitrogen and oxygen atoms in total. The summed E-state index contributed by atoms with van der Waals surface area (Å²) in [5.74, 6) is 0. The largest absolute Gasteiger partial charge is 0.392 e. The summed E-state index contributed by atoms with van der Waals surface area (Å²) >= 11 is 6.02. The van der Waals surface area contributed by atoms with E-state index >= 15 is 0 Å². The number of fused-ring (bicyclic) bond motifs is 1. The molecule has 0 saturated heterocycles. The molecule has 0 aliphatic heterocycles. The van der Waals surface area contributed by atoms with Crippen LogP contribution in [0.25, 0.3) is 11.0 Å². The van der Waals surface area contributed by atoms with Crippen LogP contribution in [0.5, 0.6) is 0 Å². The summed E-state index contributed by atoms with van der Waals surface area (Å²) in [5, 5.41) is 15.0. The van der Waals surface area contributed by atoms with Crippen molar-refractivity contribution >= 4 is 22.6 Å². The Morgan fingerprint density at radius 2 is 2.06 bits per heavy atom. The maximum absolute atomic E-state index is 9.18. The normalized spacial score (nSPS) is 12.4. The number of rotatable bonds is 1. The molecule has 0 unspecified atom stereocenters. The minimum absolute atomic E-state index is 0.109. The summed E-state index contributed by atoms with van der Waals surface area (Å²) in [5.41, 5.74) is 2.14. The molecule has 2 rings (SSSR count).